The molecule has 1 heterocycles. The molecule has 2 N–H and O–H groups in total. The molecule has 0 unspecified atom stereocenters. The zero-order valence-corrected chi connectivity index (χ0v) is 18.3. The fraction of sp³-hybridized carbons (Fsp3) is 0.125. The number of rotatable bonds is 6. The molecule has 0 aliphatic carbocycles. The predicted octanol–water partition coefficient (Wildman–Crippen LogP) is 4.34. The van der Waals surface area contributed by atoms with E-state index in [1.54, 1.807) is 6.33 Å². The topological polar surface area (TPSA) is 105 Å². The average Bonchev–Trinajstić information content (AvgIpc) is 3.31. The number of Topliss-reactive ketones (excluding diaryl/α,β-unsaturated/α-hetero) is 1. The Hall–Kier alpha value is -3.51. The lowest BCUT2D eigenvalue weighted by molar-refractivity contribution is 0.0977. The predicted molar refractivity (Wildman–Crippen MR) is 121 cm³/mol. The summed E-state index contributed by atoms with van der Waals surface area (Å²) in [6.07, 6.45) is 2.04. The van der Waals surface area contributed by atoms with Gasteiger partial charge in [-0.15, -0.1) is 14.9 Å². The standard InChI is InChI=1S/C24H21N3O.HO3P/c1-2-22(28)23-25-18-27(26-23)24(19-12-6-3-7-13-19,20-14-8-4-9-15-20)21-16-10-5-11-17-21;1-4(2)3/h3-18H,2H2,1H3;(H-,1,2,3)/p+1. The Morgan fingerprint density at radius 1 is 0.844 bits per heavy atom. The van der Waals surface area contributed by atoms with Gasteiger partial charge in [-0.2, -0.15) is 0 Å². The molecule has 0 fully saturated rings. The first-order chi connectivity index (χ1) is 15.5. The maximum atomic E-state index is 12.2. The van der Waals surface area contributed by atoms with E-state index in [2.05, 4.69) is 46.5 Å². The maximum Gasteiger partial charge on any atom is 0.692 e. The van der Waals surface area contributed by atoms with Crippen LogP contribution in [0.4, 0.5) is 0 Å². The number of ketones is 1. The molecule has 0 radical (unpaired) electrons. The molecule has 0 aliphatic heterocycles. The van der Waals surface area contributed by atoms with Gasteiger partial charge in [0.15, 0.2) is 0 Å². The number of nitrogens with zero attached hydrogens (tertiary/aromatic N) is 3. The minimum absolute atomic E-state index is 0.0677. The van der Waals surface area contributed by atoms with Gasteiger partial charge in [0, 0.05) is 11.0 Å². The first kappa shape index (κ1) is 23.2. The number of benzene rings is 3. The van der Waals surface area contributed by atoms with E-state index in [0.717, 1.165) is 16.7 Å². The van der Waals surface area contributed by atoms with Crippen molar-refractivity contribution in [3.63, 3.8) is 0 Å². The molecular formula is C24H23N3O4P+. The summed E-state index contributed by atoms with van der Waals surface area (Å²) in [5.41, 5.74) is 2.41. The van der Waals surface area contributed by atoms with Crippen LogP contribution < -0.4 is 0 Å². The van der Waals surface area contributed by atoms with Crippen molar-refractivity contribution in [2.24, 2.45) is 0 Å². The van der Waals surface area contributed by atoms with Gasteiger partial charge in [0.2, 0.25) is 11.6 Å². The number of carbonyl (C=O) groups is 1. The zero-order valence-electron chi connectivity index (χ0n) is 17.4. The summed E-state index contributed by atoms with van der Waals surface area (Å²) < 4.78 is 10.5. The molecule has 162 valence electrons. The minimum atomic E-state index is -2.87. The molecule has 0 atom stereocenters. The van der Waals surface area contributed by atoms with Crippen LogP contribution >= 0.6 is 8.25 Å². The van der Waals surface area contributed by atoms with Crippen LogP contribution in [0.25, 0.3) is 0 Å². The third-order valence-corrected chi connectivity index (χ3v) is 4.98. The lowest BCUT2D eigenvalue weighted by Gasteiger charge is -2.35. The fourth-order valence-electron chi connectivity index (χ4n) is 3.65. The van der Waals surface area contributed by atoms with E-state index in [1.807, 2.05) is 66.2 Å². The number of hydrogen-bond acceptors (Lipinski definition) is 4. The van der Waals surface area contributed by atoms with Crippen molar-refractivity contribution in [2.75, 3.05) is 0 Å². The van der Waals surface area contributed by atoms with E-state index in [1.165, 1.54) is 0 Å². The van der Waals surface area contributed by atoms with E-state index in [0.29, 0.717) is 6.42 Å². The van der Waals surface area contributed by atoms with Crippen LogP contribution in [0.15, 0.2) is 97.3 Å². The van der Waals surface area contributed by atoms with E-state index < -0.39 is 13.8 Å². The Balaban J connectivity index is 0.000000668. The first-order valence-corrected chi connectivity index (χ1v) is 11.1. The highest BCUT2D eigenvalue weighted by molar-refractivity contribution is 7.30. The molecule has 1 aromatic heterocycles. The number of carbonyl (C=O) groups excluding carboxylic acids is 1. The normalized spacial score (nSPS) is 10.7. The molecule has 0 bridgehead atoms. The highest BCUT2D eigenvalue weighted by Crippen LogP contribution is 2.40. The first-order valence-electron chi connectivity index (χ1n) is 9.97. The Kier molecular flexibility index (Phi) is 7.73. The van der Waals surface area contributed by atoms with Crippen molar-refractivity contribution in [1.29, 1.82) is 0 Å². The van der Waals surface area contributed by atoms with Crippen LogP contribution in [0.3, 0.4) is 0 Å². The van der Waals surface area contributed by atoms with Gasteiger partial charge in [-0.1, -0.05) is 97.9 Å². The van der Waals surface area contributed by atoms with Gasteiger partial charge in [0.1, 0.15) is 11.9 Å². The summed E-state index contributed by atoms with van der Waals surface area (Å²) in [6, 6.07) is 30.6. The Morgan fingerprint density at radius 2 is 1.22 bits per heavy atom. The monoisotopic (exact) mass is 448 g/mol. The van der Waals surface area contributed by atoms with Gasteiger partial charge >= 0.3 is 8.25 Å². The maximum absolute atomic E-state index is 12.2. The van der Waals surface area contributed by atoms with E-state index in [4.69, 9.17) is 14.4 Å². The van der Waals surface area contributed by atoms with E-state index in [9.17, 15) is 4.79 Å². The molecule has 32 heavy (non-hydrogen) atoms. The van der Waals surface area contributed by atoms with Crippen LogP contribution in [-0.4, -0.2) is 30.3 Å². The SMILES string of the molecule is CCC(=O)c1ncn(C(c2ccccc2)(c2ccccc2)c2ccccc2)n1.O=[P+](O)O. The molecule has 0 saturated carbocycles. The molecule has 4 rings (SSSR count). The summed E-state index contributed by atoms with van der Waals surface area (Å²) in [7, 11) is -2.87. The lowest BCUT2D eigenvalue weighted by atomic mass is 9.77. The van der Waals surface area contributed by atoms with Gasteiger partial charge in [-0.3, -0.25) is 4.79 Å². The summed E-state index contributed by atoms with van der Waals surface area (Å²) in [4.78, 5) is 30.8. The highest BCUT2D eigenvalue weighted by Gasteiger charge is 2.39. The number of hydrogen-bond donors (Lipinski definition) is 2. The van der Waals surface area contributed by atoms with Crippen LogP contribution in [0.5, 0.6) is 0 Å². The van der Waals surface area contributed by atoms with Crippen LogP contribution in [0.1, 0.15) is 40.7 Å². The second-order valence-corrected chi connectivity index (χ2v) is 7.36. The minimum Gasteiger partial charge on any atom is -0.291 e. The van der Waals surface area contributed by atoms with Gasteiger partial charge in [0.25, 0.3) is 0 Å². The van der Waals surface area contributed by atoms with Crippen molar-refractivity contribution < 1.29 is 19.1 Å². The van der Waals surface area contributed by atoms with E-state index in [-0.39, 0.29) is 11.6 Å². The van der Waals surface area contributed by atoms with Crippen molar-refractivity contribution in [3.8, 4) is 0 Å². The largest absolute Gasteiger partial charge is 0.692 e. The highest BCUT2D eigenvalue weighted by atomic mass is 31.1. The molecule has 0 amide bonds. The summed E-state index contributed by atoms with van der Waals surface area (Å²) >= 11 is 0. The van der Waals surface area contributed by atoms with Crippen molar-refractivity contribution >= 4 is 14.0 Å². The zero-order chi connectivity index (χ0) is 23.0. The van der Waals surface area contributed by atoms with Crippen molar-refractivity contribution in [3.05, 3.63) is 120 Å². The molecular weight excluding hydrogens is 425 g/mol. The molecule has 7 nitrogen and oxygen atoms in total. The summed E-state index contributed by atoms with van der Waals surface area (Å²) in [5, 5.41) is 4.64. The van der Waals surface area contributed by atoms with Gasteiger partial charge in [-0.05, 0) is 16.7 Å². The second-order valence-electron chi connectivity index (χ2n) is 6.85. The Bertz CT molecular complexity index is 1060. The Labute approximate surface area is 187 Å². The molecule has 0 saturated heterocycles. The van der Waals surface area contributed by atoms with E-state index >= 15 is 0 Å². The summed E-state index contributed by atoms with van der Waals surface area (Å²) in [5.74, 6) is 0.177. The van der Waals surface area contributed by atoms with Crippen LogP contribution in [0.2, 0.25) is 0 Å². The van der Waals surface area contributed by atoms with Gasteiger partial charge < -0.3 is 0 Å². The second kappa shape index (κ2) is 10.7. The summed E-state index contributed by atoms with van der Waals surface area (Å²) in [6.45, 7) is 1.82. The van der Waals surface area contributed by atoms with Gasteiger partial charge in [0.05, 0.1) is 0 Å². The third-order valence-electron chi connectivity index (χ3n) is 4.98. The fourth-order valence-corrected chi connectivity index (χ4v) is 3.65. The van der Waals surface area contributed by atoms with Crippen molar-refractivity contribution in [1.82, 2.24) is 14.8 Å². The van der Waals surface area contributed by atoms with Crippen LogP contribution in [0, 0.1) is 0 Å². The van der Waals surface area contributed by atoms with Gasteiger partial charge in [-0.25, -0.2) is 9.67 Å². The molecule has 8 heteroatoms. The third kappa shape index (κ3) is 4.86. The Morgan fingerprint density at radius 3 is 1.56 bits per heavy atom. The quantitative estimate of drug-likeness (QED) is 0.258. The number of aromatic nitrogens is 3. The van der Waals surface area contributed by atoms with Crippen LogP contribution in [-0.2, 0) is 10.1 Å². The molecule has 3 aromatic carbocycles. The van der Waals surface area contributed by atoms with Crippen molar-refractivity contribution in [2.45, 2.75) is 18.9 Å². The average molecular weight is 448 g/mol. The molecule has 0 aliphatic rings. The smallest absolute Gasteiger partial charge is 0.291 e. The lowest BCUT2D eigenvalue weighted by Crippen LogP contribution is -2.38. The molecule has 4 aromatic rings. The molecule has 0 spiro atoms.